The third-order valence-corrected chi connectivity index (χ3v) is 10.7. The first kappa shape index (κ1) is 54.9. The van der Waals surface area contributed by atoms with E-state index in [0.29, 0.717) is 13.0 Å². The van der Waals surface area contributed by atoms with Gasteiger partial charge in [-0.2, -0.15) is 0 Å². The molecule has 0 aliphatic carbocycles. The van der Waals surface area contributed by atoms with Crippen molar-refractivity contribution in [1.29, 1.82) is 0 Å². The van der Waals surface area contributed by atoms with Gasteiger partial charge in [0.1, 0.15) is 30.5 Å². The zero-order valence-corrected chi connectivity index (χ0v) is 37.5. The van der Waals surface area contributed by atoms with Gasteiger partial charge in [0.15, 0.2) is 6.29 Å². The van der Waals surface area contributed by atoms with Crippen LogP contribution in [-0.2, 0) is 23.7 Å². The van der Waals surface area contributed by atoms with E-state index in [2.05, 4.69) is 74.6 Å². The molecule has 1 fully saturated rings. The van der Waals surface area contributed by atoms with Crippen molar-refractivity contribution in [2.75, 3.05) is 26.4 Å². The van der Waals surface area contributed by atoms with Gasteiger partial charge in [-0.05, 0) is 57.8 Å². The molecule has 6 unspecified atom stereocenters. The number of carbonyl (C=O) groups is 1. The molecule has 1 rings (SSSR count). The molecule has 1 heterocycles. The van der Waals surface area contributed by atoms with Crippen LogP contribution < -0.4 is 0 Å². The van der Waals surface area contributed by atoms with Gasteiger partial charge >= 0.3 is 5.97 Å². The van der Waals surface area contributed by atoms with E-state index in [1.807, 2.05) is 0 Å². The lowest BCUT2D eigenvalue weighted by Crippen LogP contribution is -2.59. The summed E-state index contributed by atoms with van der Waals surface area (Å²) < 4.78 is 22.8. The van der Waals surface area contributed by atoms with Crippen LogP contribution in [0.25, 0.3) is 0 Å². The summed E-state index contributed by atoms with van der Waals surface area (Å²) in [4.78, 5) is 12.8. The van der Waals surface area contributed by atoms with Gasteiger partial charge in [-0.3, -0.25) is 4.79 Å². The van der Waals surface area contributed by atoms with E-state index >= 15 is 0 Å². The molecular formula is C50H88O9. The van der Waals surface area contributed by atoms with Gasteiger partial charge < -0.3 is 39.4 Å². The van der Waals surface area contributed by atoms with E-state index in [4.69, 9.17) is 18.9 Å². The van der Waals surface area contributed by atoms with Gasteiger partial charge in [-0.1, -0.05) is 184 Å². The fraction of sp³-hybridized carbons (Fsp3) is 0.780. The summed E-state index contributed by atoms with van der Waals surface area (Å²) in [5, 5.41) is 40.2. The van der Waals surface area contributed by atoms with Crippen LogP contribution in [0.5, 0.6) is 0 Å². The number of aliphatic hydroxyl groups excluding tert-OH is 4. The highest BCUT2D eigenvalue weighted by molar-refractivity contribution is 5.69. The van der Waals surface area contributed by atoms with Crippen molar-refractivity contribution < 1.29 is 44.2 Å². The van der Waals surface area contributed by atoms with Crippen LogP contribution in [0.4, 0.5) is 0 Å². The molecule has 0 bridgehead atoms. The predicted molar refractivity (Wildman–Crippen MR) is 242 cm³/mol. The number of allylic oxidation sites excluding steroid dienone is 10. The molecule has 1 aliphatic heterocycles. The molecule has 59 heavy (non-hydrogen) atoms. The zero-order chi connectivity index (χ0) is 42.9. The Morgan fingerprint density at radius 3 is 1.53 bits per heavy atom. The van der Waals surface area contributed by atoms with Crippen molar-refractivity contribution in [2.24, 2.45) is 0 Å². The molecule has 6 atom stereocenters. The second-order valence-electron chi connectivity index (χ2n) is 16.2. The Hall–Kier alpha value is -2.11. The largest absolute Gasteiger partial charge is 0.457 e. The lowest BCUT2D eigenvalue weighted by Gasteiger charge is -2.39. The van der Waals surface area contributed by atoms with Crippen LogP contribution in [0.15, 0.2) is 60.8 Å². The standard InChI is InChI=1S/C50H88O9/c1-3-5-7-9-11-13-15-17-19-21-23-25-27-29-31-33-35-37-39-46(52)58-44(43-57-50-49(55)48(54)47(53)45(41-51)59-50)42-56-40-38-36-34-32-30-28-26-24-22-20-18-16-14-12-10-8-6-4-2/h6,8,12,14,18,20,24,26,30,32,44-45,47-51,53-55H,3-5,7,9-11,13,15-17,19,21-23,25,27-29,31,33-43H2,1-2H3/b8-6-,14-12-,20-18-,26-24-,32-30-. The first-order valence-electron chi connectivity index (χ1n) is 23.9. The van der Waals surface area contributed by atoms with Gasteiger partial charge in [-0.15, -0.1) is 0 Å². The molecule has 342 valence electrons. The van der Waals surface area contributed by atoms with Crippen LogP contribution in [0.1, 0.15) is 187 Å². The zero-order valence-electron chi connectivity index (χ0n) is 37.5. The SMILES string of the molecule is CC/C=C\C/C=C\C/C=C\C/C=C\C/C=C\CCCCOCC(COC1OC(CO)C(O)C(O)C1O)OC(=O)CCCCCCCCCCCCCCCCCCCC. The molecule has 0 saturated carbocycles. The highest BCUT2D eigenvalue weighted by Crippen LogP contribution is 2.22. The Morgan fingerprint density at radius 1 is 0.559 bits per heavy atom. The minimum absolute atomic E-state index is 0.115. The van der Waals surface area contributed by atoms with Crippen molar-refractivity contribution in [3.05, 3.63) is 60.8 Å². The second kappa shape index (κ2) is 41.3. The Kier molecular flexibility index (Phi) is 38.4. The van der Waals surface area contributed by atoms with E-state index in [1.165, 1.54) is 96.3 Å². The van der Waals surface area contributed by atoms with Crippen LogP contribution in [0.2, 0.25) is 0 Å². The summed E-state index contributed by atoms with van der Waals surface area (Å²) >= 11 is 0. The lowest BCUT2D eigenvalue weighted by atomic mass is 9.99. The number of unbranched alkanes of at least 4 members (excludes halogenated alkanes) is 19. The minimum Gasteiger partial charge on any atom is -0.457 e. The Bertz CT molecular complexity index is 1080. The van der Waals surface area contributed by atoms with Crippen molar-refractivity contribution in [1.82, 2.24) is 0 Å². The van der Waals surface area contributed by atoms with Gasteiger partial charge in [0.05, 0.1) is 19.8 Å². The smallest absolute Gasteiger partial charge is 0.306 e. The van der Waals surface area contributed by atoms with Crippen molar-refractivity contribution in [3.63, 3.8) is 0 Å². The number of aliphatic hydroxyl groups is 4. The number of ether oxygens (including phenoxy) is 4. The Morgan fingerprint density at radius 2 is 1.03 bits per heavy atom. The molecule has 0 aromatic heterocycles. The monoisotopic (exact) mass is 833 g/mol. The molecule has 9 heteroatoms. The van der Waals surface area contributed by atoms with E-state index in [0.717, 1.165) is 70.6 Å². The molecule has 1 aliphatic rings. The van der Waals surface area contributed by atoms with Crippen molar-refractivity contribution in [3.8, 4) is 0 Å². The molecule has 9 nitrogen and oxygen atoms in total. The summed E-state index contributed by atoms with van der Waals surface area (Å²) in [5.74, 6) is -0.328. The van der Waals surface area contributed by atoms with E-state index in [9.17, 15) is 25.2 Å². The maximum atomic E-state index is 12.8. The molecule has 0 spiro atoms. The lowest BCUT2D eigenvalue weighted by molar-refractivity contribution is -0.305. The Labute approximate surface area is 360 Å². The normalized spacial score (nSPS) is 20.7. The van der Waals surface area contributed by atoms with Gasteiger partial charge in [0, 0.05) is 13.0 Å². The van der Waals surface area contributed by atoms with Crippen LogP contribution >= 0.6 is 0 Å². The summed E-state index contributed by atoms with van der Waals surface area (Å²) in [5.41, 5.74) is 0. The predicted octanol–water partition coefficient (Wildman–Crippen LogP) is 11.1. The number of carbonyl (C=O) groups excluding carboxylic acids is 1. The molecule has 0 amide bonds. The van der Waals surface area contributed by atoms with E-state index in [-0.39, 0.29) is 19.2 Å². The average molecular weight is 833 g/mol. The summed E-state index contributed by atoms with van der Waals surface area (Å²) in [6, 6.07) is 0. The number of hydrogen-bond donors (Lipinski definition) is 4. The first-order valence-corrected chi connectivity index (χ1v) is 23.9. The van der Waals surface area contributed by atoms with Crippen LogP contribution in [0.3, 0.4) is 0 Å². The quantitative estimate of drug-likeness (QED) is 0.0270. The fourth-order valence-corrected chi connectivity index (χ4v) is 6.99. The maximum Gasteiger partial charge on any atom is 0.306 e. The van der Waals surface area contributed by atoms with Crippen LogP contribution in [-0.4, -0.2) is 89.6 Å². The maximum absolute atomic E-state index is 12.8. The van der Waals surface area contributed by atoms with Gasteiger partial charge in [-0.25, -0.2) is 0 Å². The molecule has 0 aromatic carbocycles. The molecule has 1 saturated heterocycles. The molecular weight excluding hydrogens is 745 g/mol. The van der Waals surface area contributed by atoms with Crippen LogP contribution in [0, 0.1) is 0 Å². The van der Waals surface area contributed by atoms with Gasteiger partial charge in [0.2, 0.25) is 0 Å². The molecule has 0 radical (unpaired) electrons. The number of rotatable bonds is 40. The van der Waals surface area contributed by atoms with Gasteiger partial charge in [0.25, 0.3) is 0 Å². The highest BCUT2D eigenvalue weighted by Gasteiger charge is 2.44. The van der Waals surface area contributed by atoms with Crippen molar-refractivity contribution >= 4 is 5.97 Å². The average Bonchev–Trinajstić information content (AvgIpc) is 3.24. The van der Waals surface area contributed by atoms with E-state index < -0.39 is 43.4 Å². The second-order valence-corrected chi connectivity index (χ2v) is 16.2. The molecule has 4 N–H and O–H groups in total. The Balaban J connectivity index is 2.27. The summed E-state index contributed by atoms with van der Waals surface area (Å²) in [6.45, 7) is 4.35. The highest BCUT2D eigenvalue weighted by atomic mass is 16.7. The minimum atomic E-state index is -1.55. The fourth-order valence-electron chi connectivity index (χ4n) is 6.99. The molecule has 0 aromatic rings. The topological polar surface area (TPSA) is 135 Å². The summed E-state index contributed by atoms with van der Waals surface area (Å²) in [6.07, 6.45) is 45.4. The summed E-state index contributed by atoms with van der Waals surface area (Å²) in [7, 11) is 0. The third-order valence-electron chi connectivity index (χ3n) is 10.7. The first-order chi connectivity index (χ1) is 28.9. The van der Waals surface area contributed by atoms with Crippen molar-refractivity contribution in [2.45, 2.75) is 224 Å². The third kappa shape index (κ3) is 32.3. The number of esters is 1. The number of hydrogen-bond acceptors (Lipinski definition) is 9. The van der Waals surface area contributed by atoms with E-state index in [1.54, 1.807) is 0 Å².